The maximum Gasteiger partial charge on any atom is 0.169 e. The number of hydrogen-bond acceptors (Lipinski definition) is 2. The van der Waals surface area contributed by atoms with E-state index in [0.29, 0.717) is 5.78 Å². The van der Waals surface area contributed by atoms with Gasteiger partial charge in [-0.1, -0.05) is 5.57 Å². The standard InChI is InChI=1S/C7H10OS/c1-5-3-4-6(8)7(5)9-2/h3-4H2,1-2H3. The average molecular weight is 142 g/mol. The minimum Gasteiger partial charge on any atom is -0.294 e. The number of carbonyl (C=O) groups excluding carboxylic acids is 1. The summed E-state index contributed by atoms with van der Waals surface area (Å²) in [6, 6.07) is 0. The molecule has 1 nitrogen and oxygen atoms in total. The van der Waals surface area contributed by atoms with E-state index < -0.39 is 0 Å². The van der Waals surface area contributed by atoms with Crippen LogP contribution in [0.1, 0.15) is 19.8 Å². The molecule has 0 bridgehead atoms. The van der Waals surface area contributed by atoms with Crippen LogP contribution in [0.2, 0.25) is 0 Å². The molecule has 2 heteroatoms. The van der Waals surface area contributed by atoms with E-state index in [1.165, 1.54) is 5.57 Å². The highest BCUT2D eigenvalue weighted by Crippen LogP contribution is 2.29. The van der Waals surface area contributed by atoms with E-state index >= 15 is 0 Å². The second-order valence-electron chi connectivity index (χ2n) is 2.24. The van der Waals surface area contributed by atoms with Crippen molar-refractivity contribution in [3.05, 3.63) is 10.5 Å². The Morgan fingerprint density at radius 1 is 1.44 bits per heavy atom. The molecule has 0 aromatic carbocycles. The molecular weight excluding hydrogens is 132 g/mol. The van der Waals surface area contributed by atoms with E-state index in [1.54, 1.807) is 11.8 Å². The van der Waals surface area contributed by atoms with Gasteiger partial charge in [0, 0.05) is 11.3 Å². The molecule has 0 fully saturated rings. The molecule has 1 rings (SSSR count). The molecular formula is C7H10OS. The summed E-state index contributed by atoms with van der Waals surface area (Å²) >= 11 is 1.58. The number of ketones is 1. The smallest absolute Gasteiger partial charge is 0.169 e. The number of allylic oxidation sites excluding steroid dienone is 2. The van der Waals surface area contributed by atoms with Gasteiger partial charge in [-0.3, -0.25) is 4.79 Å². The molecule has 0 aliphatic heterocycles. The Bertz CT molecular complexity index is 170. The highest BCUT2D eigenvalue weighted by atomic mass is 32.2. The Morgan fingerprint density at radius 3 is 2.33 bits per heavy atom. The lowest BCUT2D eigenvalue weighted by Gasteiger charge is -1.93. The Hall–Kier alpha value is -0.240. The van der Waals surface area contributed by atoms with Crippen molar-refractivity contribution in [2.24, 2.45) is 0 Å². The van der Waals surface area contributed by atoms with Crippen LogP contribution in [0.3, 0.4) is 0 Å². The molecule has 0 amide bonds. The van der Waals surface area contributed by atoms with E-state index in [4.69, 9.17) is 0 Å². The van der Waals surface area contributed by atoms with Crippen molar-refractivity contribution in [3.63, 3.8) is 0 Å². The minimum atomic E-state index is 0.333. The molecule has 0 N–H and O–H groups in total. The fraction of sp³-hybridized carbons (Fsp3) is 0.571. The predicted molar refractivity (Wildman–Crippen MR) is 40.5 cm³/mol. The highest BCUT2D eigenvalue weighted by Gasteiger charge is 2.18. The summed E-state index contributed by atoms with van der Waals surface area (Å²) in [6.45, 7) is 2.04. The van der Waals surface area contributed by atoms with Crippen molar-refractivity contribution in [2.75, 3.05) is 6.26 Å². The summed E-state index contributed by atoms with van der Waals surface area (Å²) < 4.78 is 0. The molecule has 0 unspecified atom stereocenters. The third-order valence-electron chi connectivity index (χ3n) is 1.57. The third-order valence-corrected chi connectivity index (χ3v) is 2.56. The van der Waals surface area contributed by atoms with Crippen LogP contribution >= 0.6 is 11.8 Å². The number of Topliss-reactive ketones (excluding diaryl/α,β-unsaturated/α-hetero) is 1. The zero-order valence-corrected chi connectivity index (χ0v) is 6.55. The van der Waals surface area contributed by atoms with E-state index in [2.05, 4.69) is 0 Å². The maximum atomic E-state index is 10.9. The lowest BCUT2D eigenvalue weighted by atomic mass is 10.3. The first-order valence-electron chi connectivity index (χ1n) is 3.02. The van der Waals surface area contributed by atoms with Crippen LogP contribution in [0.15, 0.2) is 10.5 Å². The van der Waals surface area contributed by atoms with Gasteiger partial charge in [-0.15, -0.1) is 11.8 Å². The molecule has 0 aromatic rings. The first-order chi connectivity index (χ1) is 4.25. The molecule has 1 aliphatic carbocycles. The largest absolute Gasteiger partial charge is 0.294 e. The van der Waals surface area contributed by atoms with Crippen molar-refractivity contribution >= 4 is 17.5 Å². The van der Waals surface area contributed by atoms with Crippen LogP contribution in [0, 0.1) is 0 Å². The van der Waals surface area contributed by atoms with Crippen LogP contribution in [-0.2, 0) is 4.79 Å². The van der Waals surface area contributed by atoms with Gasteiger partial charge < -0.3 is 0 Å². The number of rotatable bonds is 1. The van der Waals surface area contributed by atoms with Crippen LogP contribution in [0.5, 0.6) is 0 Å². The van der Waals surface area contributed by atoms with Crippen LogP contribution in [-0.4, -0.2) is 12.0 Å². The Kier molecular flexibility index (Phi) is 1.96. The van der Waals surface area contributed by atoms with Gasteiger partial charge in [0.1, 0.15) is 0 Å². The van der Waals surface area contributed by atoms with Crippen molar-refractivity contribution < 1.29 is 4.79 Å². The average Bonchev–Trinajstić information content (AvgIpc) is 2.12. The van der Waals surface area contributed by atoms with Crippen molar-refractivity contribution in [1.82, 2.24) is 0 Å². The molecule has 0 heterocycles. The molecule has 0 saturated heterocycles. The third kappa shape index (κ3) is 1.18. The van der Waals surface area contributed by atoms with E-state index in [-0.39, 0.29) is 0 Å². The fourth-order valence-corrected chi connectivity index (χ4v) is 1.83. The lowest BCUT2D eigenvalue weighted by Crippen LogP contribution is -1.89. The molecule has 1 aliphatic rings. The molecule has 0 aromatic heterocycles. The van der Waals surface area contributed by atoms with Crippen molar-refractivity contribution in [2.45, 2.75) is 19.8 Å². The summed E-state index contributed by atoms with van der Waals surface area (Å²) in [4.78, 5) is 11.9. The lowest BCUT2D eigenvalue weighted by molar-refractivity contribution is -0.114. The quantitative estimate of drug-likeness (QED) is 0.557. The first kappa shape index (κ1) is 6.87. The van der Waals surface area contributed by atoms with Crippen molar-refractivity contribution in [1.29, 1.82) is 0 Å². The van der Waals surface area contributed by atoms with Crippen molar-refractivity contribution in [3.8, 4) is 0 Å². The van der Waals surface area contributed by atoms with Crippen LogP contribution < -0.4 is 0 Å². The van der Waals surface area contributed by atoms with E-state index in [0.717, 1.165) is 17.7 Å². The van der Waals surface area contributed by atoms with Gasteiger partial charge in [0.15, 0.2) is 5.78 Å². The van der Waals surface area contributed by atoms with Crippen LogP contribution in [0.25, 0.3) is 0 Å². The van der Waals surface area contributed by atoms with Gasteiger partial charge in [0.25, 0.3) is 0 Å². The highest BCUT2D eigenvalue weighted by molar-refractivity contribution is 8.03. The number of hydrogen-bond donors (Lipinski definition) is 0. The monoisotopic (exact) mass is 142 g/mol. The molecule has 9 heavy (non-hydrogen) atoms. The Balaban J connectivity index is 2.82. The predicted octanol–water partition coefficient (Wildman–Crippen LogP) is 1.99. The summed E-state index contributed by atoms with van der Waals surface area (Å²) in [6.07, 6.45) is 3.68. The SMILES string of the molecule is CSC1=C(C)CCC1=O. The zero-order chi connectivity index (χ0) is 6.85. The number of carbonyl (C=O) groups is 1. The minimum absolute atomic E-state index is 0.333. The summed E-state index contributed by atoms with van der Waals surface area (Å²) in [5, 5.41) is 0. The zero-order valence-electron chi connectivity index (χ0n) is 5.73. The molecule has 0 radical (unpaired) electrons. The molecule has 50 valence electrons. The number of thioether (sulfide) groups is 1. The first-order valence-corrected chi connectivity index (χ1v) is 4.25. The summed E-state index contributed by atoms with van der Waals surface area (Å²) in [5.74, 6) is 0.333. The van der Waals surface area contributed by atoms with Gasteiger partial charge in [0.2, 0.25) is 0 Å². The van der Waals surface area contributed by atoms with E-state index in [1.807, 2.05) is 13.2 Å². The van der Waals surface area contributed by atoms with Gasteiger partial charge >= 0.3 is 0 Å². The van der Waals surface area contributed by atoms with Gasteiger partial charge in [-0.2, -0.15) is 0 Å². The summed E-state index contributed by atoms with van der Waals surface area (Å²) in [7, 11) is 0. The van der Waals surface area contributed by atoms with Gasteiger partial charge in [-0.25, -0.2) is 0 Å². The summed E-state index contributed by atoms with van der Waals surface area (Å²) in [5.41, 5.74) is 1.27. The fourth-order valence-electron chi connectivity index (χ4n) is 1.05. The van der Waals surface area contributed by atoms with Crippen LogP contribution in [0.4, 0.5) is 0 Å². The molecule has 0 atom stereocenters. The molecule has 0 saturated carbocycles. The maximum absolute atomic E-state index is 10.9. The second kappa shape index (κ2) is 2.56. The van der Waals surface area contributed by atoms with E-state index in [9.17, 15) is 4.79 Å². The second-order valence-corrected chi connectivity index (χ2v) is 3.05. The van der Waals surface area contributed by atoms with Gasteiger partial charge in [0.05, 0.1) is 0 Å². The Morgan fingerprint density at radius 2 is 2.11 bits per heavy atom. The topological polar surface area (TPSA) is 17.1 Å². The van der Waals surface area contributed by atoms with Gasteiger partial charge in [-0.05, 0) is 19.6 Å². The normalized spacial score (nSPS) is 19.6. The Labute approximate surface area is 59.5 Å². The molecule has 0 spiro atoms.